The number of carboxylic acid groups (broad SMARTS) is 1. The molecule has 1 saturated heterocycles. The molecule has 0 spiro atoms. The van der Waals surface area contributed by atoms with Gasteiger partial charge in [-0.15, -0.1) is 0 Å². The third-order valence-corrected chi connectivity index (χ3v) is 3.46. The van der Waals surface area contributed by atoms with Gasteiger partial charge < -0.3 is 5.11 Å². The van der Waals surface area contributed by atoms with Gasteiger partial charge in [0.1, 0.15) is 5.82 Å². The molecule has 17 heavy (non-hydrogen) atoms. The van der Waals surface area contributed by atoms with Crippen LogP contribution in [0, 0.1) is 5.41 Å². The molecule has 0 radical (unpaired) electrons. The zero-order chi connectivity index (χ0) is 12.3. The van der Waals surface area contributed by atoms with Crippen molar-refractivity contribution in [2.75, 3.05) is 13.1 Å². The highest BCUT2D eigenvalue weighted by molar-refractivity contribution is 5.74. The summed E-state index contributed by atoms with van der Waals surface area (Å²) in [6.07, 6.45) is 4.84. The summed E-state index contributed by atoms with van der Waals surface area (Å²) >= 11 is 0. The van der Waals surface area contributed by atoms with Gasteiger partial charge in [-0.2, -0.15) is 0 Å². The number of piperidine rings is 1. The second-order valence-electron chi connectivity index (χ2n) is 4.81. The minimum atomic E-state index is -0.687. The normalized spacial score (nSPS) is 20.1. The van der Waals surface area contributed by atoms with Gasteiger partial charge in [0, 0.05) is 12.4 Å². The van der Waals surface area contributed by atoms with Crippen molar-refractivity contribution < 1.29 is 9.90 Å². The number of nitrogens with zero attached hydrogens (tertiary/aromatic N) is 3. The van der Waals surface area contributed by atoms with Crippen LogP contribution in [0.5, 0.6) is 0 Å². The first-order chi connectivity index (χ1) is 8.10. The lowest BCUT2D eigenvalue weighted by atomic mass is 9.80. The molecule has 0 aromatic carbocycles. The van der Waals surface area contributed by atoms with Gasteiger partial charge in [0.2, 0.25) is 0 Å². The Balaban J connectivity index is 1.90. The quantitative estimate of drug-likeness (QED) is 0.851. The Morgan fingerprint density at radius 2 is 2.00 bits per heavy atom. The minimum absolute atomic E-state index is 0.561. The monoisotopic (exact) mass is 235 g/mol. The molecule has 0 atom stereocenters. The SMILES string of the molecule is CC1(C(=O)O)CCN(Cc2ncccn2)CC1. The maximum Gasteiger partial charge on any atom is 0.309 e. The van der Waals surface area contributed by atoms with Gasteiger partial charge in [-0.05, 0) is 38.9 Å². The summed E-state index contributed by atoms with van der Waals surface area (Å²) in [5.41, 5.74) is -0.561. The van der Waals surface area contributed by atoms with E-state index in [9.17, 15) is 4.79 Å². The molecule has 92 valence electrons. The third kappa shape index (κ3) is 2.79. The Morgan fingerprint density at radius 3 is 2.53 bits per heavy atom. The first-order valence-electron chi connectivity index (χ1n) is 5.82. The number of aliphatic carboxylic acids is 1. The van der Waals surface area contributed by atoms with Gasteiger partial charge in [0.25, 0.3) is 0 Å². The van der Waals surface area contributed by atoms with E-state index in [4.69, 9.17) is 5.11 Å². The molecule has 1 aliphatic heterocycles. The molecule has 1 aromatic rings. The molecule has 5 heteroatoms. The van der Waals surface area contributed by atoms with Crippen molar-refractivity contribution in [1.82, 2.24) is 14.9 Å². The highest BCUT2D eigenvalue weighted by atomic mass is 16.4. The molecule has 0 saturated carbocycles. The zero-order valence-electron chi connectivity index (χ0n) is 9.96. The molecule has 0 amide bonds. The van der Waals surface area contributed by atoms with Crippen molar-refractivity contribution in [2.45, 2.75) is 26.3 Å². The van der Waals surface area contributed by atoms with Crippen molar-refractivity contribution in [3.8, 4) is 0 Å². The molecule has 1 fully saturated rings. The largest absolute Gasteiger partial charge is 0.481 e. The second kappa shape index (κ2) is 4.79. The van der Waals surface area contributed by atoms with E-state index in [0.29, 0.717) is 19.4 Å². The van der Waals surface area contributed by atoms with Crippen molar-refractivity contribution in [3.05, 3.63) is 24.3 Å². The van der Waals surface area contributed by atoms with Crippen LogP contribution < -0.4 is 0 Å². The van der Waals surface area contributed by atoms with Crippen LogP contribution in [-0.4, -0.2) is 39.0 Å². The molecule has 2 rings (SSSR count). The van der Waals surface area contributed by atoms with Crippen LogP contribution in [0.3, 0.4) is 0 Å². The number of carboxylic acids is 1. The summed E-state index contributed by atoms with van der Waals surface area (Å²) in [6.45, 7) is 4.12. The lowest BCUT2D eigenvalue weighted by Gasteiger charge is -2.35. The molecule has 1 aliphatic rings. The van der Waals surface area contributed by atoms with E-state index >= 15 is 0 Å². The maximum absolute atomic E-state index is 11.1. The third-order valence-electron chi connectivity index (χ3n) is 3.46. The number of hydrogen-bond donors (Lipinski definition) is 1. The standard InChI is InChI=1S/C12H17N3O2/c1-12(11(16)17)3-7-15(8-4-12)9-10-13-5-2-6-14-10/h2,5-6H,3-4,7-9H2,1H3,(H,16,17). The van der Waals surface area contributed by atoms with E-state index in [1.54, 1.807) is 18.5 Å². The summed E-state index contributed by atoms with van der Waals surface area (Å²) < 4.78 is 0. The van der Waals surface area contributed by atoms with E-state index in [1.807, 2.05) is 6.92 Å². The number of rotatable bonds is 3. The molecular formula is C12H17N3O2. The number of likely N-dealkylation sites (tertiary alicyclic amines) is 1. The van der Waals surface area contributed by atoms with Gasteiger partial charge in [-0.25, -0.2) is 9.97 Å². The van der Waals surface area contributed by atoms with Crippen LogP contribution in [0.2, 0.25) is 0 Å². The Morgan fingerprint density at radius 1 is 1.41 bits per heavy atom. The van der Waals surface area contributed by atoms with Crippen LogP contribution in [0.4, 0.5) is 0 Å². The van der Waals surface area contributed by atoms with Gasteiger partial charge in [0.05, 0.1) is 12.0 Å². The number of carbonyl (C=O) groups is 1. The van der Waals surface area contributed by atoms with Crippen LogP contribution in [0.1, 0.15) is 25.6 Å². The Kier molecular flexibility index (Phi) is 3.38. The fraction of sp³-hybridized carbons (Fsp3) is 0.583. The molecule has 0 bridgehead atoms. The summed E-state index contributed by atoms with van der Waals surface area (Å²) in [7, 11) is 0. The summed E-state index contributed by atoms with van der Waals surface area (Å²) in [5.74, 6) is 0.111. The fourth-order valence-electron chi connectivity index (χ4n) is 2.03. The summed E-state index contributed by atoms with van der Waals surface area (Å²) in [4.78, 5) is 21.7. The lowest BCUT2D eigenvalue weighted by molar-refractivity contribution is -0.150. The lowest BCUT2D eigenvalue weighted by Crippen LogP contribution is -2.42. The molecule has 1 aromatic heterocycles. The van der Waals surface area contributed by atoms with Crippen LogP contribution in [0.15, 0.2) is 18.5 Å². The predicted octanol–water partition coefficient (Wildman–Crippen LogP) is 1.16. The van der Waals surface area contributed by atoms with Gasteiger partial charge in [-0.3, -0.25) is 9.69 Å². The smallest absolute Gasteiger partial charge is 0.309 e. The van der Waals surface area contributed by atoms with Crippen molar-refractivity contribution in [1.29, 1.82) is 0 Å². The molecule has 1 N–H and O–H groups in total. The fourth-order valence-corrected chi connectivity index (χ4v) is 2.03. The van der Waals surface area contributed by atoms with Gasteiger partial charge >= 0.3 is 5.97 Å². The van der Waals surface area contributed by atoms with Crippen LogP contribution in [-0.2, 0) is 11.3 Å². The van der Waals surface area contributed by atoms with E-state index in [0.717, 1.165) is 18.9 Å². The average molecular weight is 235 g/mol. The van der Waals surface area contributed by atoms with E-state index in [-0.39, 0.29) is 0 Å². The molecule has 0 aliphatic carbocycles. The van der Waals surface area contributed by atoms with E-state index < -0.39 is 11.4 Å². The summed E-state index contributed by atoms with van der Waals surface area (Å²) in [6, 6.07) is 1.79. The Hall–Kier alpha value is -1.49. The zero-order valence-corrected chi connectivity index (χ0v) is 9.96. The second-order valence-corrected chi connectivity index (χ2v) is 4.81. The van der Waals surface area contributed by atoms with Crippen molar-refractivity contribution >= 4 is 5.97 Å². The van der Waals surface area contributed by atoms with Gasteiger partial charge in [-0.1, -0.05) is 0 Å². The number of hydrogen-bond acceptors (Lipinski definition) is 4. The van der Waals surface area contributed by atoms with Crippen LogP contribution >= 0.6 is 0 Å². The molecule has 2 heterocycles. The highest BCUT2D eigenvalue weighted by Gasteiger charge is 2.36. The van der Waals surface area contributed by atoms with Crippen molar-refractivity contribution in [3.63, 3.8) is 0 Å². The predicted molar refractivity (Wildman–Crippen MR) is 62.3 cm³/mol. The molecular weight excluding hydrogens is 218 g/mol. The van der Waals surface area contributed by atoms with E-state index in [1.165, 1.54) is 0 Å². The molecule has 5 nitrogen and oxygen atoms in total. The van der Waals surface area contributed by atoms with Crippen LogP contribution in [0.25, 0.3) is 0 Å². The highest BCUT2D eigenvalue weighted by Crippen LogP contribution is 2.31. The number of aromatic nitrogens is 2. The van der Waals surface area contributed by atoms with Gasteiger partial charge in [0.15, 0.2) is 0 Å². The first kappa shape index (κ1) is 12.0. The topological polar surface area (TPSA) is 66.3 Å². The average Bonchev–Trinajstić information content (AvgIpc) is 2.33. The molecule has 0 unspecified atom stereocenters. The van der Waals surface area contributed by atoms with E-state index in [2.05, 4.69) is 14.9 Å². The maximum atomic E-state index is 11.1. The minimum Gasteiger partial charge on any atom is -0.481 e. The Bertz CT molecular complexity index is 386. The van der Waals surface area contributed by atoms with Crippen molar-refractivity contribution in [2.24, 2.45) is 5.41 Å². The summed E-state index contributed by atoms with van der Waals surface area (Å²) in [5, 5.41) is 9.13. The first-order valence-corrected chi connectivity index (χ1v) is 5.82. The Labute approximate surface area is 100 Å².